The molecule has 2 aliphatic rings. The van der Waals surface area contributed by atoms with Crippen molar-refractivity contribution in [2.45, 2.75) is 57.8 Å². The number of nitrogens with one attached hydrogen (secondary N) is 1. The largest absolute Gasteiger partial charge is 0.326 e. The lowest BCUT2D eigenvalue weighted by Crippen LogP contribution is -2.35. The molecular formula is C13H24N2. The molecule has 1 heterocycles. The molecule has 0 radical (unpaired) electrons. The van der Waals surface area contributed by atoms with Gasteiger partial charge in [0.2, 0.25) is 0 Å². The predicted molar refractivity (Wildman–Crippen MR) is 64.3 cm³/mol. The van der Waals surface area contributed by atoms with Crippen LogP contribution in [0.2, 0.25) is 0 Å². The van der Waals surface area contributed by atoms with Crippen molar-refractivity contribution in [1.29, 1.82) is 0 Å². The van der Waals surface area contributed by atoms with Crippen LogP contribution in [0.5, 0.6) is 0 Å². The van der Waals surface area contributed by atoms with Gasteiger partial charge in [-0.15, -0.1) is 0 Å². The SMILES string of the molecule is C(NN1CCCCCC1)=C1CCCCC1. The highest BCUT2D eigenvalue weighted by Gasteiger charge is 2.08. The Labute approximate surface area is 93.7 Å². The maximum atomic E-state index is 3.50. The van der Waals surface area contributed by atoms with Gasteiger partial charge in [0, 0.05) is 19.3 Å². The summed E-state index contributed by atoms with van der Waals surface area (Å²) in [5, 5.41) is 2.40. The Morgan fingerprint density at radius 1 is 0.800 bits per heavy atom. The molecule has 1 saturated heterocycles. The third-order valence-corrected chi connectivity index (χ3v) is 3.55. The van der Waals surface area contributed by atoms with Gasteiger partial charge in [0.1, 0.15) is 0 Å². The Hall–Kier alpha value is -0.500. The van der Waals surface area contributed by atoms with E-state index in [1.807, 2.05) is 0 Å². The molecule has 2 nitrogen and oxygen atoms in total. The summed E-state index contributed by atoms with van der Waals surface area (Å²) in [5.41, 5.74) is 5.13. The van der Waals surface area contributed by atoms with Crippen LogP contribution in [-0.4, -0.2) is 18.1 Å². The Balaban J connectivity index is 1.74. The van der Waals surface area contributed by atoms with Gasteiger partial charge in [-0.1, -0.05) is 24.8 Å². The summed E-state index contributed by atoms with van der Waals surface area (Å²) >= 11 is 0. The fourth-order valence-electron chi connectivity index (χ4n) is 2.53. The van der Waals surface area contributed by atoms with Crippen LogP contribution in [0.15, 0.2) is 11.8 Å². The molecule has 1 aliphatic heterocycles. The number of rotatable bonds is 2. The zero-order chi connectivity index (χ0) is 10.3. The highest BCUT2D eigenvalue weighted by molar-refractivity contribution is 5.02. The smallest absolute Gasteiger partial charge is 0.0178 e. The molecule has 1 N–H and O–H groups in total. The Kier molecular flexibility index (Phi) is 4.52. The van der Waals surface area contributed by atoms with E-state index in [1.54, 1.807) is 5.57 Å². The maximum Gasteiger partial charge on any atom is 0.0178 e. The van der Waals surface area contributed by atoms with Crippen molar-refractivity contribution in [1.82, 2.24) is 10.4 Å². The van der Waals surface area contributed by atoms with E-state index in [-0.39, 0.29) is 0 Å². The molecular weight excluding hydrogens is 184 g/mol. The minimum absolute atomic E-state index is 1.23. The summed E-state index contributed by atoms with van der Waals surface area (Å²) in [4.78, 5) is 0. The number of allylic oxidation sites excluding steroid dienone is 1. The first kappa shape index (κ1) is 11.0. The van der Waals surface area contributed by atoms with Gasteiger partial charge in [-0.05, 0) is 38.5 Å². The molecule has 1 saturated carbocycles. The summed E-state index contributed by atoms with van der Waals surface area (Å²) in [7, 11) is 0. The quantitative estimate of drug-likeness (QED) is 0.749. The second kappa shape index (κ2) is 6.16. The Morgan fingerprint density at radius 3 is 2.07 bits per heavy atom. The fraction of sp³-hybridized carbons (Fsp3) is 0.846. The fourth-order valence-corrected chi connectivity index (χ4v) is 2.53. The minimum atomic E-state index is 1.23. The first-order chi connectivity index (χ1) is 7.45. The molecule has 86 valence electrons. The molecule has 0 unspecified atom stereocenters. The lowest BCUT2D eigenvalue weighted by Gasteiger charge is -2.21. The van der Waals surface area contributed by atoms with Crippen molar-refractivity contribution in [2.24, 2.45) is 0 Å². The van der Waals surface area contributed by atoms with Crippen molar-refractivity contribution < 1.29 is 0 Å². The highest BCUT2D eigenvalue weighted by atomic mass is 15.5. The van der Waals surface area contributed by atoms with Crippen LogP contribution in [-0.2, 0) is 0 Å². The van der Waals surface area contributed by atoms with E-state index in [0.29, 0.717) is 0 Å². The van der Waals surface area contributed by atoms with Gasteiger partial charge in [-0.2, -0.15) is 0 Å². The van der Waals surface area contributed by atoms with E-state index in [2.05, 4.69) is 16.6 Å². The van der Waals surface area contributed by atoms with Crippen LogP contribution >= 0.6 is 0 Å². The van der Waals surface area contributed by atoms with Crippen LogP contribution in [0.4, 0.5) is 0 Å². The molecule has 2 rings (SSSR count). The van der Waals surface area contributed by atoms with Crippen molar-refractivity contribution in [2.75, 3.05) is 13.1 Å². The van der Waals surface area contributed by atoms with Crippen LogP contribution in [0, 0.1) is 0 Å². The highest BCUT2D eigenvalue weighted by Crippen LogP contribution is 2.21. The predicted octanol–water partition coefficient (Wildman–Crippen LogP) is 3.22. The van der Waals surface area contributed by atoms with E-state index in [4.69, 9.17) is 0 Å². The summed E-state index contributed by atoms with van der Waals surface area (Å²) in [5.74, 6) is 0. The monoisotopic (exact) mass is 208 g/mol. The normalized spacial score (nSPS) is 24.7. The van der Waals surface area contributed by atoms with Crippen LogP contribution in [0.25, 0.3) is 0 Å². The average molecular weight is 208 g/mol. The van der Waals surface area contributed by atoms with Gasteiger partial charge >= 0.3 is 0 Å². The molecule has 0 aromatic heterocycles. The Morgan fingerprint density at radius 2 is 1.40 bits per heavy atom. The molecule has 0 aromatic rings. The van der Waals surface area contributed by atoms with E-state index in [9.17, 15) is 0 Å². The zero-order valence-corrected chi connectivity index (χ0v) is 9.80. The maximum absolute atomic E-state index is 3.50. The average Bonchev–Trinajstić information content (AvgIpc) is 2.56. The van der Waals surface area contributed by atoms with E-state index in [0.717, 1.165) is 0 Å². The lowest BCUT2D eigenvalue weighted by atomic mass is 9.96. The zero-order valence-electron chi connectivity index (χ0n) is 9.80. The van der Waals surface area contributed by atoms with E-state index < -0.39 is 0 Å². The number of nitrogens with zero attached hydrogens (tertiary/aromatic N) is 1. The minimum Gasteiger partial charge on any atom is -0.326 e. The van der Waals surface area contributed by atoms with Gasteiger partial charge in [-0.3, -0.25) is 0 Å². The summed E-state index contributed by atoms with van der Waals surface area (Å²) in [6, 6.07) is 0. The van der Waals surface area contributed by atoms with Gasteiger partial charge in [0.15, 0.2) is 0 Å². The van der Waals surface area contributed by atoms with Gasteiger partial charge < -0.3 is 5.43 Å². The van der Waals surface area contributed by atoms with E-state index >= 15 is 0 Å². The Bertz CT molecular complexity index is 195. The molecule has 0 bridgehead atoms. The molecule has 0 atom stereocenters. The lowest BCUT2D eigenvalue weighted by molar-refractivity contribution is 0.229. The van der Waals surface area contributed by atoms with E-state index in [1.165, 1.54) is 70.9 Å². The topological polar surface area (TPSA) is 15.3 Å². The van der Waals surface area contributed by atoms with Gasteiger partial charge in [0.05, 0.1) is 0 Å². The third kappa shape index (κ3) is 3.86. The number of hydrazine groups is 1. The molecule has 2 heteroatoms. The number of hydrogen-bond acceptors (Lipinski definition) is 2. The van der Waals surface area contributed by atoms with Crippen molar-refractivity contribution in [3.05, 3.63) is 11.8 Å². The first-order valence-corrected chi connectivity index (χ1v) is 6.64. The van der Waals surface area contributed by atoms with Crippen LogP contribution in [0.1, 0.15) is 57.8 Å². The molecule has 1 aliphatic carbocycles. The van der Waals surface area contributed by atoms with Crippen LogP contribution < -0.4 is 5.43 Å². The van der Waals surface area contributed by atoms with Gasteiger partial charge in [-0.25, -0.2) is 5.01 Å². The molecule has 0 amide bonds. The van der Waals surface area contributed by atoms with Gasteiger partial charge in [0.25, 0.3) is 0 Å². The summed E-state index contributed by atoms with van der Waals surface area (Å²) in [6.07, 6.45) is 14.7. The molecule has 2 fully saturated rings. The first-order valence-electron chi connectivity index (χ1n) is 6.64. The summed E-state index contributed by atoms with van der Waals surface area (Å²) in [6.45, 7) is 2.45. The molecule has 15 heavy (non-hydrogen) atoms. The summed E-state index contributed by atoms with van der Waals surface area (Å²) < 4.78 is 0. The van der Waals surface area contributed by atoms with Crippen molar-refractivity contribution in [3.63, 3.8) is 0 Å². The second-order valence-electron chi connectivity index (χ2n) is 4.89. The second-order valence-corrected chi connectivity index (χ2v) is 4.89. The van der Waals surface area contributed by atoms with Crippen molar-refractivity contribution >= 4 is 0 Å². The van der Waals surface area contributed by atoms with Crippen LogP contribution in [0.3, 0.4) is 0 Å². The third-order valence-electron chi connectivity index (χ3n) is 3.55. The van der Waals surface area contributed by atoms with Crippen molar-refractivity contribution in [3.8, 4) is 0 Å². The molecule has 0 spiro atoms. The molecule has 0 aromatic carbocycles. The standard InChI is InChI=1S/C13H24N2/c1-2-7-11-15(10-6-1)14-12-13-8-4-3-5-9-13/h12,14H,1-11H2. The number of hydrogen-bond donors (Lipinski definition) is 1.